The summed E-state index contributed by atoms with van der Waals surface area (Å²) in [6.45, 7) is -1.27. The van der Waals surface area contributed by atoms with Gasteiger partial charge in [0.25, 0.3) is 0 Å². The molecule has 2 atom stereocenters. The first-order chi connectivity index (χ1) is 23.9. The van der Waals surface area contributed by atoms with Gasteiger partial charge in [-0.1, -0.05) is 30.2 Å². The van der Waals surface area contributed by atoms with Gasteiger partial charge in [0.05, 0.1) is 5.54 Å². The molecule has 5 N–H and O–H groups in total. The fourth-order valence-electron chi connectivity index (χ4n) is 5.76. The Bertz CT molecular complexity index is 1810. The fourth-order valence-corrected chi connectivity index (χ4v) is 5.89. The Hall–Kier alpha value is -5.18. The maximum atomic E-state index is 13.1. The Morgan fingerprint density at radius 2 is 1.50 bits per heavy atom. The van der Waals surface area contributed by atoms with Crippen LogP contribution in [-0.4, -0.2) is 52.1 Å². The van der Waals surface area contributed by atoms with E-state index in [1.807, 2.05) is 24.3 Å². The van der Waals surface area contributed by atoms with Crippen molar-refractivity contribution in [2.75, 3.05) is 34.4 Å². The molecular weight excluding hydrogens is 680 g/mol. The van der Waals surface area contributed by atoms with Gasteiger partial charge < -0.3 is 31.3 Å². The molecule has 11 nitrogen and oxygen atoms in total. The zero-order chi connectivity index (χ0) is 35.3. The van der Waals surface area contributed by atoms with Crippen molar-refractivity contribution < 1.29 is 31.9 Å². The Kier molecular flexibility index (Phi) is 10.2. The van der Waals surface area contributed by atoms with E-state index >= 15 is 0 Å². The Morgan fingerprint density at radius 1 is 0.840 bits per heavy atom. The van der Waals surface area contributed by atoms with E-state index in [1.165, 1.54) is 24.3 Å². The van der Waals surface area contributed by atoms with Crippen LogP contribution in [0.4, 0.5) is 46.5 Å². The maximum Gasteiger partial charge on any atom is 0.422 e. The molecule has 3 aromatic carbocycles. The van der Waals surface area contributed by atoms with Gasteiger partial charge >= 0.3 is 24.0 Å². The summed E-state index contributed by atoms with van der Waals surface area (Å²) in [7, 11) is 0. The van der Waals surface area contributed by atoms with Gasteiger partial charge in [0.15, 0.2) is 6.61 Å². The minimum absolute atomic E-state index is 0.0117. The van der Waals surface area contributed by atoms with Crippen molar-refractivity contribution in [2.24, 2.45) is 5.92 Å². The predicted octanol–water partition coefficient (Wildman–Crippen LogP) is 6.79. The van der Waals surface area contributed by atoms with Crippen LogP contribution in [0, 0.1) is 11.7 Å². The maximum absolute atomic E-state index is 13.1. The van der Waals surface area contributed by atoms with Crippen LogP contribution in [0.15, 0.2) is 72.8 Å². The number of carbonyl (C=O) groups is 2. The van der Waals surface area contributed by atoms with Gasteiger partial charge in [0, 0.05) is 34.7 Å². The Morgan fingerprint density at radius 3 is 2.18 bits per heavy atom. The molecule has 50 heavy (non-hydrogen) atoms. The first-order valence-electron chi connectivity index (χ1n) is 15.9. The molecule has 1 aromatic heterocycles. The average Bonchev–Trinajstić information content (AvgIpc) is 3.73. The van der Waals surface area contributed by atoms with Gasteiger partial charge in [-0.3, -0.25) is 9.59 Å². The first-order valence-corrected chi connectivity index (χ1v) is 16.3. The molecule has 4 aromatic rings. The summed E-state index contributed by atoms with van der Waals surface area (Å²) >= 11 is 6.04. The molecule has 6 rings (SSSR count). The third kappa shape index (κ3) is 9.28. The smallest absolute Gasteiger partial charge is 0.422 e. The summed E-state index contributed by atoms with van der Waals surface area (Å²) in [4.78, 5) is 37.2. The van der Waals surface area contributed by atoms with Crippen LogP contribution in [-0.2, 0) is 15.1 Å². The highest BCUT2D eigenvalue weighted by atomic mass is 35.5. The molecule has 2 amide bonds. The third-order valence-corrected chi connectivity index (χ3v) is 8.71. The molecule has 262 valence electrons. The average molecular weight is 713 g/mol. The molecule has 0 spiro atoms. The molecule has 2 unspecified atom stereocenters. The van der Waals surface area contributed by atoms with Crippen molar-refractivity contribution in [2.45, 2.75) is 49.9 Å². The predicted molar refractivity (Wildman–Crippen MR) is 180 cm³/mol. The largest absolute Gasteiger partial charge is 0.454 e. The van der Waals surface area contributed by atoms with Gasteiger partial charge in [-0.05, 0) is 97.8 Å². The number of aromatic nitrogens is 3. The fraction of sp³-hybridized carbons (Fsp3) is 0.324. The van der Waals surface area contributed by atoms with Crippen LogP contribution in [0.3, 0.4) is 0 Å². The minimum Gasteiger partial charge on any atom is -0.454 e. The lowest BCUT2D eigenvalue weighted by Gasteiger charge is -2.22. The molecule has 1 heterocycles. The molecule has 2 aliphatic rings. The van der Waals surface area contributed by atoms with Crippen LogP contribution >= 0.6 is 11.6 Å². The van der Waals surface area contributed by atoms with Crippen molar-refractivity contribution in [3.8, 4) is 6.01 Å². The lowest BCUT2D eigenvalue weighted by Crippen LogP contribution is -2.40. The summed E-state index contributed by atoms with van der Waals surface area (Å²) < 4.78 is 56.8. The molecule has 0 saturated heterocycles. The van der Waals surface area contributed by atoms with E-state index in [2.05, 4.69) is 41.5 Å². The molecule has 2 saturated carbocycles. The number of carbonyl (C=O) groups excluding carboxylic acids is 2. The molecular formula is C34H33ClF4N8O3. The van der Waals surface area contributed by atoms with Crippen LogP contribution < -0.4 is 31.3 Å². The molecule has 0 bridgehead atoms. The molecule has 2 fully saturated rings. The topological polar surface area (TPSA) is 142 Å². The summed E-state index contributed by atoms with van der Waals surface area (Å²) in [5.74, 6) is -1.95. The van der Waals surface area contributed by atoms with E-state index in [-0.39, 0.29) is 23.9 Å². The standard InChI is InChI=1S/C34H33ClF4N8O3/c35-22-6-4-21(5-7-22)33(16-17-33)47-31-44-30(45-32(46-31)50-19-34(37,38)39)43-26-14-12-24(13-15-26)41-27-3-1-2-20(27)18-40-28(48)29(49)42-25-10-8-23(36)9-11-25/h4-15,20,27,41H,1-3,16-19H2,(H,40,48)(H,42,49)(H2,43,44,45,46,47). The van der Waals surface area contributed by atoms with Gasteiger partial charge in [0.2, 0.25) is 11.9 Å². The van der Waals surface area contributed by atoms with E-state index in [9.17, 15) is 27.2 Å². The van der Waals surface area contributed by atoms with E-state index in [0.717, 1.165) is 43.4 Å². The molecule has 2 aliphatic carbocycles. The highest BCUT2D eigenvalue weighted by Crippen LogP contribution is 2.48. The van der Waals surface area contributed by atoms with E-state index in [0.29, 0.717) is 22.9 Å². The Labute approximate surface area is 289 Å². The second-order valence-corrected chi connectivity index (χ2v) is 12.6. The summed E-state index contributed by atoms with van der Waals surface area (Å²) in [6, 6.07) is 19.1. The zero-order valence-electron chi connectivity index (χ0n) is 26.5. The van der Waals surface area contributed by atoms with Crippen molar-refractivity contribution in [1.29, 1.82) is 0 Å². The molecule has 0 radical (unpaired) electrons. The van der Waals surface area contributed by atoms with Crippen LogP contribution in [0.1, 0.15) is 37.7 Å². The van der Waals surface area contributed by atoms with E-state index in [4.69, 9.17) is 16.3 Å². The first kappa shape index (κ1) is 34.7. The van der Waals surface area contributed by atoms with Crippen LogP contribution in [0.25, 0.3) is 0 Å². The number of ether oxygens (including phenoxy) is 1. The molecule has 0 aliphatic heterocycles. The number of rotatable bonds is 12. The lowest BCUT2D eigenvalue weighted by atomic mass is 10.0. The van der Waals surface area contributed by atoms with Crippen molar-refractivity contribution >= 4 is 52.4 Å². The number of hydrogen-bond acceptors (Lipinski definition) is 9. The number of nitrogens with zero attached hydrogens (tertiary/aromatic N) is 3. The van der Waals surface area contributed by atoms with Crippen molar-refractivity contribution in [3.05, 3.63) is 89.2 Å². The number of hydrogen-bond donors (Lipinski definition) is 5. The van der Waals surface area contributed by atoms with Crippen LogP contribution in [0.2, 0.25) is 5.02 Å². The quantitative estimate of drug-likeness (QED) is 0.0793. The number of alkyl halides is 3. The minimum atomic E-state index is -4.58. The number of nitrogens with one attached hydrogen (secondary N) is 5. The highest BCUT2D eigenvalue weighted by molar-refractivity contribution is 6.39. The van der Waals surface area contributed by atoms with E-state index < -0.39 is 42.0 Å². The summed E-state index contributed by atoms with van der Waals surface area (Å²) in [6.07, 6.45) is -0.407. The number of anilines is 5. The van der Waals surface area contributed by atoms with Crippen LogP contribution in [0.5, 0.6) is 6.01 Å². The number of halogens is 5. The second kappa shape index (κ2) is 14.7. The number of amides is 2. The van der Waals surface area contributed by atoms with Gasteiger partial charge in [-0.25, -0.2) is 4.39 Å². The lowest BCUT2D eigenvalue weighted by molar-refractivity contribution is -0.154. The van der Waals surface area contributed by atoms with Crippen molar-refractivity contribution in [1.82, 2.24) is 20.3 Å². The number of benzene rings is 3. The summed E-state index contributed by atoms with van der Waals surface area (Å²) in [5, 5.41) is 15.5. The SMILES string of the molecule is O=C(NCC1CCCC1Nc1ccc(Nc2nc(NC3(c4ccc(Cl)cc4)CC3)nc(OCC(F)(F)F)n2)cc1)C(=O)Nc1ccc(F)cc1. The van der Waals surface area contributed by atoms with Crippen molar-refractivity contribution in [3.63, 3.8) is 0 Å². The monoisotopic (exact) mass is 712 g/mol. The second-order valence-electron chi connectivity index (χ2n) is 12.2. The van der Waals surface area contributed by atoms with E-state index in [1.54, 1.807) is 24.3 Å². The normalized spacial score (nSPS) is 17.8. The Balaban J connectivity index is 1.07. The molecule has 16 heteroatoms. The third-order valence-electron chi connectivity index (χ3n) is 8.46. The van der Waals surface area contributed by atoms with Gasteiger partial charge in [-0.15, -0.1) is 0 Å². The van der Waals surface area contributed by atoms with Gasteiger partial charge in [-0.2, -0.15) is 28.1 Å². The summed E-state index contributed by atoms with van der Waals surface area (Å²) in [5.41, 5.74) is 2.13. The van der Waals surface area contributed by atoms with Gasteiger partial charge in [0.1, 0.15) is 5.82 Å². The zero-order valence-corrected chi connectivity index (χ0v) is 27.2. The highest BCUT2D eigenvalue weighted by Gasteiger charge is 2.45.